The zero-order valence-electron chi connectivity index (χ0n) is 10.7. The van der Waals surface area contributed by atoms with Gasteiger partial charge in [-0.3, -0.25) is 4.21 Å². The summed E-state index contributed by atoms with van der Waals surface area (Å²) in [6.07, 6.45) is 1.62. The molecule has 0 radical (unpaired) electrons. The van der Waals surface area contributed by atoms with Gasteiger partial charge in [0.15, 0.2) is 0 Å². The van der Waals surface area contributed by atoms with E-state index in [4.69, 9.17) is 11.6 Å². The summed E-state index contributed by atoms with van der Waals surface area (Å²) in [5.41, 5.74) is 0.795. The Labute approximate surface area is 121 Å². The molecule has 0 N–H and O–H groups in total. The highest BCUT2D eigenvalue weighted by Crippen LogP contribution is 2.21. The van der Waals surface area contributed by atoms with Gasteiger partial charge >= 0.3 is 0 Å². The quantitative estimate of drug-likeness (QED) is 0.776. The molecule has 2 heterocycles. The molecule has 0 aromatic carbocycles. The SMILES string of the molecule is CCn1cc(S(=O)(=O)N2CCS(=O)CC2)cc1CCl. The summed E-state index contributed by atoms with van der Waals surface area (Å²) in [6.45, 7) is 3.27. The van der Waals surface area contributed by atoms with Crippen LogP contribution in [0.3, 0.4) is 0 Å². The van der Waals surface area contributed by atoms with E-state index in [1.165, 1.54) is 4.31 Å². The van der Waals surface area contributed by atoms with Crippen LogP contribution in [0.15, 0.2) is 17.2 Å². The van der Waals surface area contributed by atoms with Crippen molar-refractivity contribution in [2.24, 2.45) is 0 Å². The molecular formula is C11H17ClN2O3S2. The van der Waals surface area contributed by atoms with E-state index < -0.39 is 20.8 Å². The Hall–Kier alpha value is -0.370. The zero-order valence-corrected chi connectivity index (χ0v) is 13.1. The zero-order chi connectivity index (χ0) is 14.0. The molecule has 19 heavy (non-hydrogen) atoms. The lowest BCUT2D eigenvalue weighted by Gasteiger charge is -2.24. The largest absolute Gasteiger partial charge is 0.349 e. The normalized spacial score (nSPS) is 18.8. The van der Waals surface area contributed by atoms with Crippen LogP contribution in [0, 0.1) is 0 Å². The number of alkyl halides is 1. The Morgan fingerprint density at radius 2 is 2.00 bits per heavy atom. The number of rotatable bonds is 4. The van der Waals surface area contributed by atoms with Crippen LogP contribution in [0.2, 0.25) is 0 Å². The van der Waals surface area contributed by atoms with Crippen molar-refractivity contribution in [1.29, 1.82) is 0 Å². The molecule has 8 heteroatoms. The minimum Gasteiger partial charge on any atom is -0.349 e. The van der Waals surface area contributed by atoms with E-state index in [0.29, 0.717) is 31.1 Å². The lowest BCUT2D eigenvalue weighted by Crippen LogP contribution is -2.41. The molecule has 0 saturated carbocycles. The number of nitrogens with zero attached hydrogens (tertiary/aromatic N) is 2. The molecule has 5 nitrogen and oxygen atoms in total. The fraction of sp³-hybridized carbons (Fsp3) is 0.636. The van der Waals surface area contributed by atoms with Gasteiger partial charge in [-0.05, 0) is 13.0 Å². The minimum atomic E-state index is -3.49. The summed E-state index contributed by atoms with van der Waals surface area (Å²) < 4.78 is 39.5. The van der Waals surface area contributed by atoms with Gasteiger partial charge in [-0.15, -0.1) is 11.6 Å². The number of aryl methyl sites for hydroxylation is 1. The molecule has 1 aromatic rings. The van der Waals surface area contributed by atoms with Gasteiger partial charge in [-0.25, -0.2) is 8.42 Å². The second kappa shape index (κ2) is 5.95. The summed E-state index contributed by atoms with van der Waals surface area (Å²) in [5, 5.41) is 0. The van der Waals surface area contributed by atoms with E-state index in [0.717, 1.165) is 5.69 Å². The number of aromatic nitrogens is 1. The van der Waals surface area contributed by atoms with Gasteiger partial charge in [0.2, 0.25) is 10.0 Å². The first-order chi connectivity index (χ1) is 8.98. The lowest BCUT2D eigenvalue weighted by atomic mass is 10.5. The fourth-order valence-corrected chi connectivity index (χ4v) is 5.10. The molecule has 2 rings (SSSR count). The smallest absolute Gasteiger partial charge is 0.244 e. The van der Waals surface area contributed by atoms with Crippen LogP contribution in [-0.4, -0.2) is 46.1 Å². The Morgan fingerprint density at radius 3 is 2.47 bits per heavy atom. The molecular weight excluding hydrogens is 308 g/mol. The van der Waals surface area contributed by atoms with Crippen LogP contribution < -0.4 is 0 Å². The molecule has 1 saturated heterocycles. The van der Waals surface area contributed by atoms with Crippen LogP contribution in [0.5, 0.6) is 0 Å². The van der Waals surface area contributed by atoms with Crippen molar-refractivity contribution in [2.45, 2.75) is 24.2 Å². The third kappa shape index (κ3) is 3.04. The first kappa shape index (κ1) is 15.0. The van der Waals surface area contributed by atoms with E-state index in [1.807, 2.05) is 11.5 Å². The lowest BCUT2D eigenvalue weighted by molar-refractivity contribution is 0.438. The van der Waals surface area contributed by atoms with Crippen molar-refractivity contribution in [3.8, 4) is 0 Å². The Balaban J connectivity index is 2.29. The first-order valence-electron chi connectivity index (χ1n) is 6.09. The topological polar surface area (TPSA) is 59.4 Å². The summed E-state index contributed by atoms with van der Waals surface area (Å²) >= 11 is 5.81. The second-order valence-corrected chi connectivity index (χ2v) is 8.24. The molecule has 108 valence electrons. The molecule has 1 aromatic heterocycles. The van der Waals surface area contributed by atoms with Crippen molar-refractivity contribution < 1.29 is 12.6 Å². The van der Waals surface area contributed by atoms with Crippen molar-refractivity contribution >= 4 is 32.4 Å². The third-order valence-electron chi connectivity index (χ3n) is 3.21. The summed E-state index contributed by atoms with van der Waals surface area (Å²) in [4.78, 5) is 0.276. The Morgan fingerprint density at radius 1 is 1.37 bits per heavy atom. The Bertz CT molecular complexity index is 551. The van der Waals surface area contributed by atoms with Gasteiger partial charge in [-0.2, -0.15) is 4.31 Å². The predicted octanol–water partition coefficient (Wildman–Crippen LogP) is 1.000. The van der Waals surface area contributed by atoms with Crippen LogP contribution in [-0.2, 0) is 33.2 Å². The maximum Gasteiger partial charge on any atom is 0.244 e. The highest BCUT2D eigenvalue weighted by atomic mass is 35.5. The molecule has 1 aliphatic rings. The van der Waals surface area contributed by atoms with E-state index in [9.17, 15) is 12.6 Å². The van der Waals surface area contributed by atoms with Crippen molar-refractivity contribution in [3.63, 3.8) is 0 Å². The van der Waals surface area contributed by atoms with Gasteiger partial charge in [0, 0.05) is 53.8 Å². The highest BCUT2D eigenvalue weighted by molar-refractivity contribution is 7.89. The van der Waals surface area contributed by atoms with Crippen molar-refractivity contribution in [1.82, 2.24) is 8.87 Å². The third-order valence-corrected chi connectivity index (χ3v) is 6.63. The van der Waals surface area contributed by atoms with Crippen LogP contribution in [0.25, 0.3) is 0 Å². The molecule has 0 bridgehead atoms. The molecule has 1 fully saturated rings. The average Bonchev–Trinajstić information content (AvgIpc) is 2.83. The molecule has 0 spiro atoms. The van der Waals surface area contributed by atoms with Crippen LogP contribution in [0.1, 0.15) is 12.6 Å². The van der Waals surface area contributed by atoms with Gasteiger partial charge in [0.25, 0.3) is 0 Å². The molecule has 0 atom stereocenters. The maximum absolute atomic E-state index is 12.5. The summed E-state index contributed by atoms with van der Waals surface area (Å²) in [6, 6.07) is 1.62. The molecule has 0 unspecified atom stereocenters. The van der Waals surface area contributed by atoms with E-state index in [-0.39, 0.29) is 10.8 Å². The molecule has 0 amide bonds. The standard InChI is InChI=1S/C11H17ClN2O3S2/c1-2-13-9-11(7-10(13)8-12)19(16,17)14-3-5-18(15)6-4-14/h7,9H,2-6,8H2,1H3. The molecule has 0 aliphatic carbocycles. The second-order valence-electron chi connectivity index (χ2n) is 4.34. The monoisotopic (exact) mass is 324 g/mol. The van der Waals surface area contributed by atoms with Crippen molar-refractivity contribution in [3.05, 3.63) is 18.0 Å². The van der Waals surface area contributed by atoms with Crippen LogP contribution in [0.4, 0.5) is 0 Å². The number of hydrogen-bond acceptors (Lipinski definition) is 3. The first-order valence-corrected chi connectivity index (χ1v) is 9.55. The van der Waals surface area contributed by atoms with Gasteiger partial charge in [0.1, 0.15) is 4.90 Å². The van der Waals surface area contributed by atoms with Gasteiger partial charge in [0.05, 0.1) is 5.88 Å². The van der Waals surface area contributed by atoms with Crippen LogP contribution >= 0.6 is 11.6 Å². The Kier molecular flexibility index (Phi) is 4.70. The van der Waals surface area contributed by atoms with E-state index in [1.54, 1.807) is 12.3 Å². The number of halogens is 1. The minimum absolute atomic E-state index is 0.276. The van der Waals surface area contributed by atoms with E-state index in [2.05, 4.69) is 0 Å². The maximum atomic E-state index is 12.5. The number of hydrogen-bond donors (Lipinski definition) is 0. The highest BCUT2D eigenvalue weighted by Gasteiger charge is 2.29. The predicted molar refractivity (Wildman–Crippen MR) is 76.3 cm³/mol. The van der Waals surface area contributed by atoms with E-state index >= 15 is 0 Å². The van der Waals surface area contributed by atoms with Gasteiger partial charge in [-0.1, -0.05) is 0 Å². The van der Waals surface area contributed by atoms with Crippen molar-refractivity contribution in [2.75, 3.05) is 24.6 Å². The van der Waals surface area contributed by atoms with Gasteiger partial charge < -0.3 is 4.57 Å². The summed E-state index contributed by atoms with van der Waals surface area (Å²) in [5.74, 6) is 1.11. The fourth-order valence-electron chi connectivity index (χ4n) is 2.08. The number of sulfonamides is 1. The molecule has 1 aliphatic heterocycles. The average molecular weight is 325 g/mol. The summed E-state index contributed by atoms with van der Waals surface area (Å²) in [7, 11) is -4.37.